The highest BCUT2D eigenvalue weighted by atomic mass is 32.2. The van der Waals surface area contributed by atoms with Crippen LogP contribution in [-0.2, 0) is 17.6 Å². The highest BCUT2D eigenvalue weighted by molar-refractivity contribution is 8.00. The number of hydrogen-bond acceptors (Lipinski definition) is 6. The summed E-state index contributed by atoms with van der Waals surface area (Å²) in [5.74, 6) is 1.30. The highest BCUT2D eigenvalue weighted by Crippen LogP contribution is 2.29. The number of hydrogen-bond donors (Lipinski definition) is 1. The largest absolute Gasteiger partial charge is 0.493 e. The molecule has 2 rings (SSSR count). The fourth-order valence-corrected chi connectivity index (χ4v) is 4.02. The number of thioether (sulfide) groups is 1. The van der Waals surface area contributed by atoms with Crippen molar-refractivity contribution in [2.45, 2.75) is 49.8 Å². The Labute approximate surface area is 183 Å². The summed E-state index contributed by atoms with van der Waals surface area (Å²) in [5, 5.41) is 12.7. The number of ether oxygens (including phenoxy) is 2. The molecular formula is C23H29N3O3S. The number of carbonyl (C=O) groups is 1. The number of nitriles is 1. The van der Waals surface area contributed by atoms with Gasteiger partial charge in [0.15, 0.2) is 11.5 Å². The molecule has 0 saturated carbocycles. The molecule has 0 radical (unpaired) electrons. The summed E-state index contributed by atoms with van der Waals surface area (Å²) in [5.41, 5.74) is 2.51. The molecule has 1 amide bonds. The third-order valence-electron chi connectivity index (χ3n) is 4.62. The Balaban J connectivity index is 1.99. The Kier molecular flexibility index (Phi) is 9.49. The van der Waals surface area contributed by atoms with Gasteiger partial charge in [0.2, 0.25) is 5.91 Å². The zero-order valence-corrected chi connectivity index (χ0v) is 18.8. The quantitative estimate of drug-likeness (QED) is 0.542. The second kappa shape index (κ2) is 12.1. The number of rotatable bonds is 11. The summed E-state index contributed by atoms with van der Waals surface area (Å²) < 4.78 is 10.6. The monoisotopic (exact) mass is 427 g/mol. The van der Waals surface area contributed by atoms with Crippen molar-refractivity contribution in [3.8, 4) is 17.6 Å². The maximum Gasteiger partial charge on any atom is 0.233 e. The lowest BCUT2D eigenvalue weighted by Gasteiger charge is -2.16. The van der Waals surface area contributed by atoms with Crippen molar-refractivity contribution in [2.75, 3.05) is 20.8 Å². The van der Waals surface area contributed by atoms with Gasteiger partial charge in [0.05, 0.1) is 25.0 Å². The van der Waals surface area contributed by atoms with Crippen LogP contribution in [0.1, 0.15) is 43.5 Å². The zero-order chi connectivity index (χ0) is 21.9. The molecule has 0 aliphatic carbocycles. The van der Waals surface area contributed by atoms with E-state index in [2.05, 4.69) is 23.3 Å². The number of nitrogens with one attached hydrogen (secondary N) is 1. The van der Waals surface area contributed by atoms with Gasteiger partial charge in [-0.1, -0.05) is 38.1 Å². The molecule has 1 aromatic heterocycles. The van der Waals surface area contributed by atoms with E-state index in [4.69, 9.17) is 9.47 Å². The van der Waals surface area contributed by atoms with Crippen LogP contribution in [0.5, 0.6) is 11.5 Å². The lowest BCUT2D eigenvalue weighted by molar-refractivity contribution is -0.120. The lowest BCUT2D eigenvalue weighted by Crippen LogP contribution is -2.33. The molecule has 0 spiro atoms. The molecule has 0 fully saturated rings. The summed E-state index contributed by atoms with van der Waals surface area (Å²) in [4.78, 5) is 17.3. The Hall–Kier alpha value is -2.72. The average molecular weight is 428 g/mol. The van der Waals surface area contributed by atoms with Crippen LogP contribution in [0.4, 0.5) is 0 Å². The molecule has 6 nitrogen and oxygen atoms in total. The SMILES string of the molecule is CCCc1ccc(C#N)c(SC(CC)C(=O)NCCc2ccc(OC)c(OC)c2)n1. The van der Waals surface area contributed by atoms with Crippen molar-refractivity contribution in [3.05, 3.63) is 47.2 Å². The molecule has 0 saturated heterocycles. The third-order valence-corrected chi connectivity index (χ3v) is 5.99. The molecule has 2 aromatic rings. The molecule has 7 heteroatoms. The number of nitrogens with zero attached hydrogens (tertiary/aromatic N) is 2. The van der Waals surface area contributed by atoms with Crippen LogP contribution in [0.2, 0.25) is 0 Å². The van der Waals surface area contributed by atoms with Crippen molar-refractivity contribution in [1.82, 2.24) is 10.3 Å². The maximum atomic E-state index is 12.7. The number of carbonyl (C=O) groups excluding carboxylic acids is 1. The van der Waals surface area contributed by atoms with Gasteiger partial charge in [0.1, 0.15) is 11.1 Å². The molecule has 30 heavy (non-hydrogen) atoms. The number of benzene rings is 1. The van der Waals surface area contributed by atoms with Crippen molar-refractivity contribution >= 4 is 17.7 Å². The van der Waals surface area contributed by atoms with Gasteiger partial charge in [0.25, 0.3) is 0 Å². The molecule has 1 heterocycles. The zero-order valence-electron chi connectivity index (χ0n) is 18.0. The van der Waals surface area contributed by atoms with Gasteiger partial charge in [-0.2, -0.15) is 5.26 Å². The van der Waals surface area contributed by atoms with Gasteiger partial charge >= 0.3 is 0 Å². The van der Waals surface area contributed by atoms with Crippen LogP contribution in [0.3, 0.4) is 0 Å². The van der Waals surface area contributed by atoms with Crippen LogP contribution in [0.25, 0.3) is 0 Å². The van der Waals surface area contributed by atoms with E-state index in [-0.39, 0.29) is 11.2 Å². The molecule has 160 valence electrons. The second-order valence-corrected chi connectivity index (χ2v) is 7.95. The Morgan fingerprint density at radius 2 is 1.93 bits per heavy atom. The Morgan fingerprint density at radius 1 is 1.17 bits per heavy atom. The second-order valence-electron chi connectivity index (χ2n) is 6.76. The first-order valence-electron chi connectivity index (χ1n) is 10.1. The molecule has 1 aromatic carbocycles. The molecule has 0 bridgehead atoms. The number of aryl methyl sites for hydroxylation is 1. The van der Waals surface area contributed by atoms with E-state index in [1.165, 1.54) is 11.8 Å². The van der Waals surface area contributed by atoms with Crippen molar-refractivity contribution in [1.29, 1.82) is 5.26 Å². The number of aromatic nitrogens is 1. The van der Waals surface area contributed by atoms with E-state index in [0.29, 0.717) is 41.5 Å². The molecular weight excluding hydrogens is 398 g/mol. The van der Waals surface area contributed by atoms with Gasteiger partial charge in [-0.25, -0.2) is 4.98 Å². The summed E-state index contributed by atoms with van der Waals surface area (Å²) in [6, 6.07) is 11.6. The first kappa shape index (κ1) is 23.6. The molecule has 1 N–H and O–H groups in total. The van der Waals surface area contributed by atoms with E-state index in [9.17, 15) is 10.1 Å². The predicted octanol–water partition coefficient (Wildman–Crippen LogP) is 4.15. The molecule has 1 unspecified atom stereocenters. The topological polar surface area (TPSA) is 84.2 Å². The van der Waals surface area contributed by atoms with E-state index >= 15 is 0 Å². The lowest BCUT2D eigenvalue weighted by atomic mass is 10.1. The highest BCUT2D eigenvalue weighted by Gasteiger charge is 2.20. The van der Waals surface area contributed by atoms with Crippen LogP contribution < -0.4 is 14.8 Å². The fraction of sp³-hybridized carbons (Fsp3) is 0.435. The number of amides is 1. The van der Waals surface area contributed by atoms with E-state index in [0.717, 1.165) is 24.1 Å². The molecule has 1 atom stereocenters. The van der Waals surface area contributed by atoms with Crippen LogP contribution in [0, 0.1) is 11.3 Å². The van der Waals surface area contributed by atoms with E-state index < -0.39 is 0 Å². The van der Waals surface area contributed by atoms with Gasteiger partial charge in [-0.15, -0.1) is 0 Å². The smallest absolute Gasteiger partial charge is 0.233 e. The first-order chi connectivity index (χ1) is 14.6. The van der Waals surface area contributed by atoms with Crippen LogP contribution in [0.15, 0.2) is 35.4 Å². The summed E-state index contributed by atoms with van der Waals surface area (Å²) in [7, 11) is 3.20. The Morgan fingerprint density at radius 3 is 2.57 bits per heavy atom. The van der Waals surface area contributed by atoms with E-state index in [1.807, 2.05) is 31.2 Å². The minimum absolute atomic E-state index is 0.0467. The summed E-state index contributed by atoms with van der Waals surface area (Å²) >= 11 is 1.36. The van der Waals surface area contributed by atoms with Gasteiger partial charge in [-0.05, 0) is 49.1 Å². The van der Waals surface area contributed by atoms with Gasteiger partial charge in [-0.3, -0.25) is 4.79 Å². The summed E-state index contributed by atoms with van der Waals surface area (Å²) in [6.07, 6.45) is 3.17. The van der Waals surface area contributed by atoms with Gasteiger partial charge in [0, 0.05) is 12.2 Å². The summed E-state index contributed by atoms with van der Waals surface area (Å²) in [6.45, 7) is 4.57. The van der Waals surface area contributed by atoms with E-state index in [1.54, 1.807) is 20.3 Å². The standard InChI is InChI=1S/C23H29N3O3S/c1-5-7-18-10-9-17(15-24)23(26-18)30-21(6-2)22(27)25-13-12-16-8-11-19(28-3)20(14-16)29-4/h8-11,14,21H,5-7,12-13H2,1-4H3,(H,25,27). The van der Waals surface area contributed by atoms with Crippen molar-refractivity contribution in [2.24, 2.45) is 0 Å². The number of methoxy groups -OCH3 is 2. The predicted molar refractivity (Wildman–Crippen MR) is 119 cm³/mol. The van der Waals surface area contributed by atoms with Gasteiger partial charge < -0.3 is 14.8 Å². The molecule has 0 aliphatic rings. The third kappa shape index (κ3) is 6.39. The Bertz CT molecular complexity index is 896. The van der Waals surface area contributed by atoms with Crippen molar-refractivity contribution < 1.29 is 14.3 Å². The fourth-order valence-electron chi connectivity index (χ4n) is 2.99. The van der Waals surface area contributed by atoms with Crippen molar-refractivity contribution in [3.63, 3.8) is 0 Å². The molecule has 0 aliphatic heterocycles. The van der Waals surface area contributed by atoms with Crippen LogP contribution >= 0.6 is 11.8 Å². The minimum atomic E-state index is -0.299. The normalized spacial score (nSPS) is 11.4. The average Bonchev–Trinajstić information content (AvgIpc) is 2.77. The minimum Gasteiger partial charge on any atom is -0.493 e. The number of pyridine rings is 1. The maximum absolute atomic E-state index is 12.7. The van der Waals surface area contributed by atoms with Crippen LogP contribution in [-0.4, -0.2) is 36.9 Å². The first-order valence-corrected chi connectivity index (χ1v) is 11.0.